The number of hydrogen-bond acceptors (Lipinski definition) is 7. The van der Waals surface area contributed by atoms with Crippen LogP contribution in [0.2, 0.25) is 0 Å². The van der Waals surface area contributed by atoms with Crippen LogP contribution in [0.5, 0.6) is 11.8 Å². The van der Waals surface area contributed by atoms with Crippen LogP contribution in [-0.4, -0.2) is 50.7 Å². The highest BCUT2D eigenvalue weighted by atomic mass is 16.5. The number of anilines is 1. The van der Waals surface area contributed by atoms with Gasteiger partial charge in [-0.15, -0.1) is 0 Å². The Kier molecular flexibility index (Phi) is 4.40. The van der Waals surface area contributed by atoms with Gasteiger partial charge in [-0.2, -0.15) is 4.98 Å². The number of nitrogens with one attached hydrogen (secondary N) is 1. The first-order valence-electron chi connectivity index (χ1n) is 10.3. The van der Waals surface area contributed by atoms with E-state index in [0.29, 0.717) is 29.5 Å². The quantitative estimate of drug-likeness (QED) is 0.650. The zero-order valence-corrected chi connectivity index (χ0v) is 18.0. The van der Waals surface area contributed by atoms with E-state index in [4.69, 9.17) is 19.2 Å². The molecule has 162 valence electrons. The van der Waals surface area contributed by atoms with Crippen LogP contribution in [0.25, 0.3) is 5.78 Å². The second-order valence-corrected chi connectivity index (χ2v) is 8.85. The van der Waals surface area contributed by atoms with Gasteiger partial charge in [-0.1, -0.05) is 0 Å². The summed E-state index contributed by atoms with van der Waals surface area (Å²) >= 11 is 0. The summed E-state index contributed by atoms with van der Waals surface area (Å²) in [6.45, 7) is 6.62. The molecule has 9 nitrogen and oxygen atoms in total. The lowest BCUT2D eigenvalue weighted by molar-refractivity contribution is 0.0154. The first-order chi connectivity index (χ1) is 14.8. The topological polar surface area (TPSA) is 99.9 Å². The monoisotopic (exact) mass is 423 g/mol. The maximum atomic E-state index is 12.9. The van der Waals surface area contributed by atoms with Crippen molar-refractivity contribution < 1.29 is 19.0 Å². The number of aromatic nitrogens is 4. The summed E-state index contributed by atoms with van der Waals surface area (Å²) in [5.74, 6) is 0.725. The average molecular weight is 423 g/mol. The molecule has 2 aliphatic heterocycles. The van der Waals surface area contributed by atoms with Gasteiger partial charge in [-0.05, 0) is 45.7 Å². The Balaban J connectivity index is 1.51. The number of ether oxygens (including phenoxy) is 3. The molecule has 1 amide bonds. The summed E-state index contributed by atoms with van der Waals surface area (Å²) in [4.78, 5) is 26.4. The van der Waals surface area contributed by atoms with Crippen LogP contribution in [0.4, 0.5) is 5.69 Å². The number of pyridine rings is 1. The van der Waals surface area contributed by atoms with Crippen LogP contribution in [0.3, 0.4) is 0 Å². The standard InChI is InChI=1S/C22H25N5O4/c1-13(2)31-19-15(24-17(28)14-6-5-7-23-18(14)29-4)8-27-9-16(25-20(27)26-19)22-10-21(3,11-22)30-12-22/h5-9,13H,10-12H2,1-4H3,(H,24,28). The summed E-state index contributed by atoms with van der Waals surface area (Å²) in [7, 11) is 1.48. The number of hydrogen-bond donors (Lipinski definition) is 1. The molecule has 31 heavy (non-hydrogen) atoms. The Morgan fingerprint density at radius 3 is 2.74 bits per heavy atom. The van der Waals surface area contributed by atoms with Gasteiger partial charge in [0.25, 0.3) is 5.91 Å². The highest BCUT2D eigenvalue weighted by Gasteiger charge is 2.61. The van der Waals surface area contributed by atoms with E-state index in [1.165, 1.54) is 7.11 Å². The zero-order chi connectivity index (χ0) is 21.8. The molecule has 3 aromatic rings. The van der Waals surface area contributed by atoms with Crippen LogP contribution >= 0.6 is 0 Å². The van der Waals surface area contributed by atoms with Gasteiger partial charge in [-0.25, -0.2) is 9.97 Å². The number of methoxy groups -OCH3 is 1. The van der Waals surface area contributed by atoms with Gasteiger partial charge in [0.15, 0.2) is 0 Å². The van der Waals surface area contributed by atoms with E-state index in [2.05, 4.69) is 22.2 Å². The maximum absolute atomic E-state index is 12.9. The van der Waals surface area contributed by atoms with E-state index >= 15 is 0 Å². The number of amides is 1. The summed E-state index contributed by atoms with van der Waals surface area (Å²) in [6, 6.07) is 3.33. The molecule has 9 heteroatoms. The highest BCUT2D eigenvalue weighted by Crippen LogP contribution is 2.58. The molecule has 2 saturated heterocycles. The molecule has 0 atom stereocenters. The molecule has 0 radical (unpaired) electrons. The summed E-state index contributed by atoms with van der Waals surface area (Å²) in [6.07, 6.45) is 7.12. The number of imidazole rings is 1. The number of fused-ring (bicyclic) bond motifs is 2. The van der Waals surface area contributed by atoms with Crippen molar-refractivity contribution >= 4 is 17.4 Å². The molecule has 2 bridgehead atoms. The van der Waals surface area contributed by atoms with Gasteiger partial charge in [0.05, 0.1) is 31.1 Å². The molecule has 1 saturated carbocycles. The normalized spacial score (nSPS) is 24.3. The van der Waals surface area contributed by atoms with Crippen LogP contribution in [-0.2, 0) is 10.2 Å². The SMILES string of the molecule is COc1ncccc1C(=O)Nc1cn2cc(C34COC(C)(C3)C4)nc2nc1OC(C)C. The summed E-state index contributed by atoms with van der Waals surface area (Å²) in [5.41, 5.74) is 1.65. The minimum Gasteiger partial charge on any atom is -0.480 e. The minimum absolute atomic E-state index is 0.0307. The fourth-order valence-corrected chi connectivity index (χ4v) is 4.63. The molecule has 3 aromatic heterocycles. The van der Waals surface area contributed by atoms with Crippen molar-refractivity contribution in [3.63, 3.8) is 0 Å². The molecule has 3 aliphatic rings. The molecule has 0 aromatic carbocycles. The van der Waals surface area contributed by atoms with Crippen LogP contribution in [0, 0.1) is 0 Å². The van der Waals surface area contributed by atoms with Crippen molar-refractivity contribution in [3.05, 3.63) is 42.0 Å². The Bertz CT molecular complexity index is 1170. The third-order valence-electron chi connectivity index (χ3n) is 5.88. The largest absolute Gasteiger partial charge is 0.480 e. The van der Waals surface area contributed by atoms with Gasteiger partial charge in [0, 0.05) is 24.0 Å². The number of rotatable bonds is 6. The molecule has 1 aliphatic carbocycles. The molecule has 3 fully saturated rings. The summed E-state index contributed by atoms with van der Waals surface area (Å²) in [5, 5.41) is 2.88. The molecular weight excluding hydrogens is 398 g/mol. The minimum atomic E-state index is -0.363. The van der Waals surface area contributed by atoms with E-state index in [-0.39, 0.29) is 28.9 Å². The lowest BCUT2D eigenvalue weighted by Gasteiger charge is -2.41. The molecule has 1 N–H and O–H groups in total. The zero-order valence-electron chi connectivity index (χ0n) is 18.0. The van der Waals surface area contributed by atoms with Gasteiger partial charge in [-0.3, -0.25) is 9.20 Å². The average Bonchev–Trinajstić information content (AvgIpc) is 3.38. The van der Waals surface area contributed by atoms with E-state index in [1.54, 1.807) is 24.5 Å². The second kappa shape index (κ2) is 6.91. The molecule has 0 spiro atoms. The fraction of sp³-hybridized carbons (Fsp3) is 0.455. The van der Waals surface area contributed by atoms with Crippen molar-refractivity contribution in [2.24, 2.45) is 0 Å². The van der Waals surface area contributed by atoms with Crippen LogP contribution in [0.15, 0.2) is 30.7 Å². The predicted octanol–water partition coefficient (Wildman–Crippen LogP) is 2.99. The maximum Gasteiger partial charge on any atom is 0.261 e. The Labute approximate surface area is 179 Å². The molecule has 6 rings (SSSR count). The van der Waals surface area contributed by atoms with E-state index in [1.807, 2.05) is 24.4 Å². The predicted molar refractivity (Wildman–Crippen MR) is 113 cm³/mol. The number of carbonyl (C=O) groups excluding carboxylic acids is 1. The van der Waals surface area contributed by atoms with E-state index in [0.717, 1.165) is 18.5 Å². The smallest absolute Gasteiger partial charge is 0.261 e. The first kappa shape index (κ1) is 19.7. The van der Waals surface area contributed by atoms with Gasteiger partial charge in [0.2, 0.25) is 17.5 Å². The third kappa shape index (κ3) is 3.29. The third-order valence-corrected chi connectivity index (χ3v) is 5.88. The van der Waals surface area contributed by atoms with Crippen LogP contribution < -0.4 is 14.8 Å². The van der Waals surface area contributed by atoms with Crippen molar-refractivity contribution in [1.29, 1.82) is 0 Å². The van der Waals surface area contributed by atoms with Crippen LogP contribution in [0.1, 0.15) is 49.7 Å². The van der Waals surface area contributed by atoms with Crippen molar-refractivity contribution in [2.75, 3.05) is 19.0 Å². The first-order valence-corrected chi connectivity index (χ1v) is 10.3. The van der Waals surface area contributed by atoms with E-state index < -0.39 is 0 Å². The summed E-state index contributed by atoms with van der Waals surface area (Å²) < 4.78 is 18.8. The van der Waals surface area contributed by atoms with Gasteiger partial charge >= 0.3 is 0 Å². The van der Waals surface area contributed by atoms with Crippen molar-refractivity contribution in [2.45, 2.75) is 50.7 Å². The molecule has 5 heterocycles. The van der Waals surface area contributed by atoms with E-state index in [9.17, 15) is 4.79 Å². The fourth-order valence-electron chi connectivity index (χ4n) is 4.63. The Morgan fingerprint density at radius 2 is 2.06 bits per heavy atom. The Morgan fingerprint density at radius 1 is 1.26 bits per heavy atom. The molecule has 0 unspecified atom stereocenters. The van der Waals surface area contributed by atoms with Crippen molar-refractivity contribution in [1.82, 2.24) is 19.4 Å². The second-order valence-electron chi connectivity index (χ2n) is 8.85. The van der Waals surface area contributed by atoms with Gasteiger partial charge < -0.3 is 19.5 Å². The highest BCUT2D eigenvalue weighted by molar-refractivity contribution is 6.06. The number of nitrogens with zero attached hydrogens (tertiary/aromatic N) is 4. The lowest BCUT2D eigenvalue weighted by atomic mass is 9.62. The van der Waals surface area contributed by atoms with Gasteiger partial charge in [0.1, 0.15) is 11.3 Å². The lowest BCUT2D eigenvalue weighted by Crippen LogP contribution is -2.45. The molecular formula is C22H25N5O4. The Hall–Kier alpha value is -3.20. The van der Waals surface area contributed by atoms with Crippen molar-refractivity contribution in [3.8, 4) is 11.8 Å². The number of carbonyl (C=O) groups is 1.